The molecule has 1 heterocycles. The number of hydrogen-bond donors (Lipinski definition) is 1. The summed E-state index contributed by atoms with van der Waals surface area (Å²) in [5.41, 5.74) is 1.03. The molecule has 122 valence electrons. The third-order valence-electron chi connectivity index (χ3n) is 3.83. The van der Waals surface area contributed by atoms with Gasteiger partial charge >= 0.3 is 0 Å². The summed E-state index contributed by atoms with van der Waals surface area (Å²) in [6.45, 7) is 10.7. The van der Waals surface area contributed by atoms with Gasteiger partial charge in [-0.3, -0.25) is 9.69 Å². The normalized spacial score (nSPS) is 16.9. The van der Waals surface area contributed by atoms with Crippen molar-refractivity contribution in [3.63, 3.8) is 0 Å². The maximum absolute atomic E-state index is 12.0. The van der Waals surface area contributed by atoms with E-state index in [0.29, 0.717) is 24.0 Å². The Balaban J connectivity index is 1.68. The van der Waals surface area contributed by atoms with E-state index in [1.807, 2.05) is 24.3 Å². The van der Waals surface area contributed by atoms with Crippen molar-refractivity contribution in [2.24, 2.45) is 5.92 Å². The van der Waals surface area contributed by atoms with E-state index >= 15 is 0 Å². The number of halogens is 1. The molecule has 1 fully saturated rings. The molecule has 4 nitrogen and oxygen atoms in total. The Morgan fingerprint density at radius 3 is 2.55 bits per heavy atom. The third kappa shape index (κ3) is 5.95. The molecule has 0 saturated carbocycles. The fourth-order valence-corrected chi connectivity index (χ4v) is 2.97. The molecule has 1 aromatic rings. The summed E-state index contributed by atoms with van der Waals surface area (Å²) in [5, 5.41) is 3.67. The van der Waals surface area contributed by atoms with E-state index < -0.39 is 0 Å². The zero-order valence-corrected chi connectivity index (χ0v) is 14.3. The molecule has 0 bridgehead atoms. The van der Waals surface area contributed by atoms with E-state index in [0.717, 1.165) is 38.3 Å². The van der Waals surface area contributed by atoms with Gasteiger partial charge < -0.3 is 10.2 Å². The molecule has 0 radical (unpaired) electrons. The van der Waals surface area contributed by atoms with Crippen LogP contribution in [-0.4, -0.2) is 55.0 Å². The van der Waals surface area contributed by atoms with Crippen molar-refractivity contribution in [2.45, 2.75) is 20.4 Å². The van der Waals surface area contributed by atoms with Crippen LogP contribution in [0.15, 0.2) is 24.3 Å². The number of benzene rings is 1. The summed E-state index contributed by atoms with van der Waals surface area (Å²) in [5.74, 6) is 0.782. The highest BCUT2D eigenvalue weighted by molar-refractivity contribution is 6.30. The van der Waals surface area contributed by atoms with Gasteiger partial charge in [-0.1, -0.05) is 37.6 Å². The fraction of sp³-hybridized carbons (Fsp3) is 0.588. The molecule has 1 N–H and O–H groups in total. The summed E-state index contributed by atoms with van der Waals surface area (Å²) >= 11 is 5.94. The molecular formula is C17H26ClN3O. The highest BCUT2D eigenvalue weighted by atomic mass is 35.5. The zero-order valence-electron chi connectivity index (χ0n) is 13.5. The molecule has 1 aliphatic rings. The molecule has 0 atom stereocenters. The molecule has 0 aliphatic carbocycles. The number of carbonyl (C=O) groups is 1. The molecular weight excluding hydrogens is 298 g/mol. The van der Waals surface area contributed by atoms with Crippen molar-refractivity contribution in [3.8, 4) is 0 Å². The van der Waals surface area contributed by atoms with Gasteiger partial charge in [0.15, 0.2) is 0 Å². The van der Waals surface area contributed by atoms with Crippen LogP contribution in [0.4, 0.5) is 0 Å². The number of hydrogen-bond acceptors (Lipinski definition) is 3. The largest absolute Gasteiger partial charge is 0.351 e. The van der Waals surface area contributed by atoms with Gasteiger partial charge in [0.2, 0.25) is 5.91 Å². The summed E-state index contributed by atoms with van der Waals surface area (Å²) in [7, 11) is 0. The SMILES string of the molecule is CC(C)CN1CCN(CC(=O)NCc2cccc(Cl)c2)CC1. The van der Waals surface area contributed by atoms with Crippen molar-refractivity contribution in [1.82, 2.24) is 15.1 Å². The number of nitrogens with zero attached hydrogens (tertiary/aromatic N) is 2. The molecule has 1 aliphatic heterocycles. The Hall–Kier alpha value is -1.10. The summed E-state index contributed by atoms with van der Waals surface area (Å²) in [4.78, 5) is 16.7. The number of carbonyl (C=O) groups excluding carboxylic acids is 1. The van der Waals surface area contributed by atoms with Crippen molar-refractivity contribution in [3.05, 3.63) is 34.9 Å². The van der Waals surface area contributed by atoms with Crippen molar-refractivity contribution >= 4 is 17.5 Å². The first-order valence-corrected chi connectivity index (χ1v) is 8.36. The molecule has 22 heavy (non-hydrogen) atoms. The van der Waals surface area contributed by atoms with Gasteiger partial charge in [-0.2, -0.15) is 0 Å². The minimum Gasteiger partial charge on any atom is -0.351 e. The van der Waals surface area contributed by atoms with Crippen LogP contribution < -0.4 is 5.32 Å². The zero-order chi connectivity index (χ0) is 15.9. The van der Waals surface area contributed by atoms with Gasteiger partial charge in [-0.05, 0) is 23.6 Å². The third-order valence-corrected chi connectivity index (χ3v) is 4.07. The Labute approximate surface area is 138 Å². The number of piperazine rings is 1. The number of nitrogens with one attached hydrogen (secondary N) is 1. The smallest absolute Gasteiger partial charge is 0.234 e. The Morgan fingerprint density at radius 2 is 1.91 bits per heavy atom. The van der Waals surface area contributed by atoms with Crippen LogP contribution in [0.25, 0.3) is 0 Å². The summed E-state index contributed by atoms with van der Waals surface area (Å²) < 4.78 is 0. The lowest BCUT2D eigenvalue weighted by molar-refractivity contribution is -0.122. The molecule has 1 aromatic carbocycles. The topological polar surface area (TPSA) is 35.6 Å². The average Bonchev–Trinajstić information content (AvgIpc) is 2.47. The lowest BCUT2D eigenvalue weighted by Gasteiger charge is -2.35. The van der Waals surface area contributed by atoms with Crippen LogP contribution in [0.1, 0.15) is 19.4 Å². The molecule has 1 saturated heterocycles. The predicted octanol–water partition coefficient (Wildman–Crippen LogP) is 2.23. The molecule has 5 heteroatoms. The van der Waals surface area contributed by atoms with Crippen molar-refractivity contribution < 1.29 is 4.79 Å². The van der Waals surface area contributed by atoms with Gasteiger partial charge in [-0.25, -0.2) is 0 Å². The van der Waals surface area contributed by atoms with Crippen LogP contribution in [-0.2, 0) is 11.3 Å². The minimum atomic E-state index is 0.0808. The molecule has 2 rings (SSSR count). The maximum atomic E-state index is 12.0. The Bertz CT molecular complexity index is 485. The highest BCUT2D eigenvalue weighted by Crippen LogP contribution is 2.10. The van der Waals surface area contributed by atoms with Gasteiger partial charge in [0.1, 0.15) is 0 Å². The first kappa shape index (κ1) is 17.3. The standard InChI is InChI=1S/C17H26ClN3O/c1-14(2)12-20-6-8-21(9-7-20)13-17(22)19-11-15-4-3-5-16(18)10-15/h3-5,10,14H,6-9,11-13H2,1-2H3,(H,19,22). The summed E-state index contributed by atoms with van der Waals surface area (Å²) in [6.07, 6.45) is 0. The van der Waals surface area contributed by atoms with Gasteiger partial charge in [0.05, 0.1) is 6.54 Å². The molecule has 1 amide bonds. The van der Waals surface area contributed by atoms with E-state index in [2.05, 4.69) is 29.0 Å². The first-order valence-electron chi connectivity index (χ1n) is 7.99. The van der Waals surface area contributed by atoms with Crippen molar-refractivity contribution in [1.29, 1.82) is 0 Å². The quantitative estimate of drug-likeness (QED) is 0.872. The van der Waals surface area contributed by atoms with Crippen molar-refractivity contribution in [2.75, 3.05) is 39.3 Å². The first-order chi connectivity index (χ1) is 10.5. The van der Waals surface area contributed by atoms with Gasteiger partial charge in [0.25, 0.3) is 0 Å². The van der Waals surface area contributed by atoms with E-state index in [9.17, 15) is 4.79 Å². The van der Waals surface area contributed by atoms with Crippen LogP contribution in [0.2, 0.25) is 5.02 Å². The Morgan fingerprint density at radius 1 is 1.23 bits per heavy atom. The van der Waals surface area contributed by atoms with Gasteiger partial charge in [0, 0.05) is 44.3 Å². The van der Waals surface area contributed by atoms with E-state index in [1.54, 1.807) is 0 Å². The second kappa shape index (κ2) is 8.51. The second-order valence-electron chi connectivity index (χ2n) is 6.38. The number of rotatable bonds is 6. The second-order valence-corrected chi connectivity index (χ2v) is 6.81. The van der Waals surface area contributed by atoms with Crippen LogP contribution in [0.3, 0.4) is 0 Å². The van der Waals surface area contributed by atoms with E-state index in [-0.39, 0.29) is 5.91 Å². The molecule has 0 aromatic heterocycles. The Kier molecular flexibility index (Phi) is 6.68. The maximum Gasteiger partial charge on any atom is 0.234 e. The van der Waals surface area contributed by atoms with Crippen LogP contribution >= 0.6 is 11.6 Å². The number of amides is 1. The molecule has 0 unspecified atom stereocenters. The van der Waals surface area contributed by atoms with E-state index in [1.165, 1.54) is 0 Å². The van der Waals surface area contributed by atoms with Crippen LogP contribution in [0, 0.1) is 5.92 Å². The fourth-order valence-electron chi connectivity index (χ4n) is 2.75. The minimum absolute atomic E-state index is 0.0808. The predicted molar refractivity (Wildman–Crippen MR) is 91.0 cm³/mol. The van der Waals surface area contributed by atoms with Crippen LogP contribution in [0.5, 0.6) is 0 Å². The van der Waals surface area contributed by atoms with Gasteiger partial charge in [-0.15, -0.1) is 0 Å². The monoisotopic (exact) mass is 323 g/mol. The van der Waals surface area contributed by atoms with E-state index in [4.69, 9.17) is 11.6 Å². The molecule has 0 spiro atoms. The average molecular weight is 324 g/mol. The lowest BCUT2D eigenvalue weighted by atomic mass is 10.2. The summed E-state index contributed by atoms with van der Waals surface area (Å²) in [6, 6.07) is 7.59. The highest BCUT2D eigenvalue weighted by Gasteiger charge is 2.19. The lowest BCUT2D eigenvalue weighted by Crippen LogP contribution is -2.50.